The van der Waals surface area contributed by atoms with Crippen molar-refractivity contribution in [2.24, 2.45) is 0 Å². The number of rotatable bonds is 7. The lowest BCUT2D eigenvalue weighted by molar-refractivity contribution is 0.0602. The van der Waals surface area contributed by atoms with Gasteiger partial charge in [-0.15, -0.1) is 11.3 Å². The molecular formula is C18H17NO5S3. The Bertz CT molecular complexity index is 1010. The molecule has 3 aromatic rings. The van der Waals surface area contributed by atoms with Crippen molar-refractivity contribution in [2.75, 3.05) is 13.7 Å². The topological polar surface area (TPSA) is 92.7 Å². The highest BCUT2D eigenvalue weighted by Crippen LogP contribution is 2.25. The maximum absolute atomic E-state index is 12.5. The molecule has 0 aliphatic heterocycles. The van der Waals surface area contributed by atoms with E-state index in [1.165, 1.54) is 18.6 Å². The van der Waals surface area contributed by atoms with E-state index < -0.39 is 22.1 Å². The molecule has 1 atom stereocenters. The van der Waals surface area contributed by atoms with E-state index in [-0.39, 0.29) is 16.3 Å². The zero-order chi connectivity index (χ0) is 19.4. The Morgan fingerprint density at radius 1 is 1.15 bits per heavy atom. The van der Waals surface area contributed by atoms with Gasteiger partial charge in [-0.2, -0.15) is 11.3 Å². The van der Waals surface area contributed by atoms with E-state index in [2.05, 4.69) is 9.46 Å². The molecule has 9 heteroatoms. The van der Waals surface area contributed by atoms with Crippen LogP contribution in [0.3, 0.4) is 0 Å². The van der Waals surface area contributed by atoms with Gasteiger partial charge in [0.2, 0.25) is 10.0 Å². The van der Waals surface area contributed by atoms with E-state index in [9.17, 15) is 18.3 Å². The third kappa shape index (κ3) is 4.45. The zero-order valence-electron chi connectivity index (χ0n) is 14.3. The minimum atomic E-state index is -3.95. The summed E-state index contributed by atoms with van der Waals surface area (Å²) in [7, 11) is -2.76. The number of thiophene rings is 2. The van der Waals surface area contributed by atoms with Gasteiger partial charge in [0.05, 0.1) is 13.2 Å². The maximum Gasteiger partial charge on any atom is 0.349 e. The molecule has 6 nitrogen and oxygen atoms in total. The second-order valence-corrected chi connectivity index (χ2v) is 9.04. The lowest BCUT2D eigenvalue weighted by Gasteiger charge is -2.13. The monoisotopic (exact) mass is 423 g/mol. The van der Waals surface area contributed by atoms with E-state index >= 15 is 0 Å². The van der Waals surface area contributed by atoms with Gasteiger partial charge in [0.1, 0.15) is 9.77 Å². The maximum atomic E-state index is 12.5. The summed E-state index contributed by atoms with van der Waals surface area (Å²) in [6.07, 6.45) is -1.02. The fourth-order valence-electron chi connectivity index (χ4n) is 2.46. The SMILES string of the molecule is COC(=O)c1sccc1S(=O)(=O)NC[C@H](O)c1ccc(-c2ccsc2)cc1. The molecule has 0 bridgehead atoms. The Morgan fingerprint density at radius 2 is 1.89 bits per heavy atom. The fourth-order valence-corrected chi connectivity index (χ4v) is 5.50. The number of hydrogen-bond donors (Lipinski definition) is 2. The number of aliphatic hydroxyl groups is 1. The van der Waals surface area contributed by atoms with Crippen molar-refractivity contribution in [1.82, 2.24) is 4.72 Å². The highest BCUT2D eigenvalue weighted by Gasteiger charge is 2.25. The predicted molar refractivity (Wildman–Crippen MR) is 106 cm³/mol. The summed E-state index contributed by atoms with van der Waals surface area (Å²) in [5.74, 6) is -0.713. The number of carbonyl (C=O) groups excluding carboxylic acids is 1. The second-order valence-electron chi connectivity index (χ2n) is 5.61. The van der Waals surface area contributed by atoms with Crippen LogP contribution in [0.1, 0.15) is 21.3 Å². The van der Waals surface area contributed by atoms with Gasteiger partial charge in [0, 0.05) is 6.54 Å². The molecule has 0 saturated carbocycles. The van der Waals surface area contributed by atoms with Gasteiger partial charge in [-0.1, -0.05) is 24.3 Å². The highest BCUT2D eigenvalue weighted by atomic mass is 32.2. The third-order valence-corrected chi connectivity index (χ3v) is 7.08. The van der Waals surface area contributed by atoms with E-state index in [0.717, 1.165) is 22.5 Å². The smallest absolute Gasteiger partial charge is 0.349 e. The molecule has 0 radical (unpaired) electrons. The van der Waals surface area contributed by atoms with Crippen LogP contribution in [0.2, 0.25) is 0 Å². The van der Waals surface area contributed by atoms with E-state index in [1.54, 1.807) is 23.5 Å². The minimum Gasteiger partial charge on any atom is -0.465 e. The Hall–Kier alpha value is -2.04. The van der Waals surface area contributed by atoms with Crippen molar-refractivity contribution in [1.29, 1.82) is 0 Å². The quantitative estimate of drug-likeness (QED) is 0.569. The molecule has 0 aliphatic carbocycles. The normalized spacial score (nSPS) is 12.7. The number of carbonyl (C=O) groups is 1. The van der Waals surface area contributed by atoms with Crippen LogP contribution < -0.4 is 4.72 Å². The third-order valence-electron chi connectivity index (χ3n) is 3.91. The first-order valence-corrected chi connectivity index (χ1v) is 11.2. The Balaban J connectivity index is 1.69. The summed E-state index contributed by atoms with van der Waals surface area (Å²) in [6, 6.07) is 10.6. The van der Waals surface area contributed by atoms with Crippen molar-refractivity contribution in [3.8, 4) is 11.1 Å². The lowest BCUT2D eigenvalue weighted by atomic mass is 10.0. The van der Waals surface area contributed by atoms with E-state index in [0.29, 0.717) is 5.56 Å². The molecule has 0 aliphatic rings. The Kier molecular flexibility index (Phi) is 6.08. The first-order valence-electron chi connectivity index (χ1n) is 7.88. The van der Waals surface area contributed by atoms with Crippen molar-refractivity contribution in [2.45, 2.75) is 11.0 Å². The molecule has 2 heterocycles. The standard InChI is InChI=1S/C18H17NO5S3/c1-24-18(21)17-16(7-9-26-17)27(22,23)19-10-15(20)13-4-2-12(3-5-13)14-6-8-25-11-14/h2-9,11,15,19-20H,10H2,1H3/t15-/m0/s1. The largest absolute Gasteiger partial charge is 0.465 e. The highest BCUT2D eigenvalue weighted by molar-refractivity contribution is 7.89. The van der Waals surface area contributed by atoms with E-state index in [1.807, 2.05) is 29.0 Å². The van der Waals surface area contributed by atoms with Crippen LogP contribution >= 0.6 is 22.7 Å². The van der Waals surface area contributed by atoms with Crippen LogP contribution in [0.15, 0.2) is 57.4 Å². The molecule has 142 valence electrons. The molecule has 0 spiro atoms. The molecule has 0 saturated heterocycles. The predicted octanol–water partition coefficient (Wildman–Crippen LogP) is 3.28. The Morgan fingerprint density at radius 3 is 2.52 bits per heavy atom. The summed E-state index contributed by atoms with van der Waals surface area (Å²) in [5, 5.41) is 15.8. The number of methoxy groups -OCH3 is 1. The lowest BCUT2D eigenvalue weighted by Crippen LogP contribution is -2.29. The number of hydrogen-bond acceptors (Lipinski definition) is 7. The number of ether oxygens (including phenoxy) is 1. The molecule has 1 aromatic carbocycles. The second kappa shape index (κ2) is 8.32. The summed E-state index contributed by atoms with van der Waals surface area (Å²) in [4.78, 5) is 11.5. The molecule has 0 amide bonds. The van der Waals surface area contributed by atoms with Crippen LogP contribution in [0.5, 0.6) is 0 Å². The number of benzene rings is 1. The van der Waals surface area contributed by atoms with E-state index in [4.69, 9.17) is 0 Å². The minimum absolute atomic E-state index is 0.000365. The first-order chi connectivity index (χ1) is 12.9. The average molecular weight is 424 g/mol. The molecule has 0 unspecified atom stereocenters. The van der Waals surface area contributed by atoms with Crippen LogP contribution in [0.4, 0.5) is 0 Å². The van der Waals surface area contributed by atoms with Crippen molar-refractivity contribution in [3.63, 3.8) is 0 Å². The molecule has 2 aromatic heterocycles. The van der Waals surface area contributed by atoms with Gasteiger partial charge >= 0.3 is 5.97 Å². The Labute approximate surface area is 165 Å². The fraction of sp³-hybridized carbons (Fsp3) is 0.167. The number of aliphatic hydroxyl groups excluding tert-OH is 1. The van der Waals surface area contributed by atoms with Crippen LogP contribution in [-0.2, 0) is 14.8 Å². The van der Waals surface area contributed by atoms with Gasteiger partial charge < -0.3 is 9.84 Å². The van der Waals surface area contributed by atoms with Gasteiger partial charge in [0.25, 0.3) is 0 Å². The summed E-state index contributed by atoms with van der Waals surface area (Å²) in [6.45, 7) is -0.212. The van der Waals surface area contributed by atoms with Gasteiger partial charge in [-0.25, -0.2) is 17.9 Å². The van der Waals surface area contributed by atoms with Crippen LogP contribution in [-0.4, -0.2) is 33.1 Å². The van der Waals surface area contributed by atoms with Crippen molar-refractivity contribution >= 4 is 38.7 Å². The first kappa shape index (κ1) is 19.7. The van der Waals surface area contributed by atoms with Gasteiger partial charge in [-0.05, 0) is 45.0 Å². The zero-order valence-corrected chi connectivity index (χ0v) is 16.7. The van der Waals surface area contributed by atoms with Gasteiger partial charge in [-0.3, -0.25) is 0 Å². The molecule has 27 heavy (non-hydrogen) atoms. The van der Waals surface area contributed by atoms with Crippen LogP contribution in [0.25, 0.3) is 11.1 Å². The van der Waals surface area contributed by atoms with Crippen LogP contribution in [0, 0.1) is 0 Å². The molecule has 2 N–H and O–H groups in total. The number of esters is 1. The van der Waals surface area contributed by atoms with Gasteiger partial charge in [0.15, 0.2) is 0 Å². The molecule has 3 rings (SSSR count). The average Bonchev–Trinajstić information content (AvgIpc) is 3.37. The summed E-state index contributed by atoms with van der Waals surface area (Å²) < 4.78 is 31.9. The molecular weight excluding hydrogens is 406 g/mol. The molecule has 0 fully saturated rings. The number of sulfonamides is 1. The van der Waals surface area contributed by atoms with Crippen molar-refractivity contribution in [3.05, 3.63) is 63.0 Å². The summed E-state index contributed by atoms with van der Waals surface area (Å²) in [5.41, 5.74) is 2.71. The number of nitrogens with one attached hydrogen (secondary N) is 1. The summed E-state index contributed by atoms with van der Waals surface area (Å²) >= 11 is 2.59. The van der Waals surface area contributed by atoms with Crippen molar-refractivity contribution < 1.29 is 23.1 Å².